The van der Waals surface area contributed by atoms with Crippen LogP contribution in [0.5, 0.6) is 0 Å². The Bertz CT molecular complexity index is 348. The van der Waals surface area contributed by atoms with Crippen LogP contribution in [0.1, 0.15) is 13.3 Å². The van der Waals surface area contributed by atoms with E-state index in [1.54, 1.807) is 6.92 Å². The van der Waals surface area contributed by atoms with Crippen LogP contribution in [-0.2, 0) is 15.0 Å². The van der Waals surface area contributed by atoms with Crippen LogP contribution in [0.2, 0.25) is 0 Å². The third kappa shape index (κ3) is 9.04. The van der Waals surface area contributed by atoms with Crippen LogP contribution in [0.3, 0.4) is 0 Å². The lowest BCUT2D eigenvalue weighted by atomic mass is 10.2. The number of carbonyl (C=O) groups is 1. The molecule has 0 aromatic rings. The molecule has 7 nitrogen and oxygen atoms in total. The summed E-state index contributed by atoms with van der Waals surface area (Å²) >= 11 is 0. The highest BCUT2D eigenvalue weighted by molar-refractivity contribution is 7.87. The summed E-state index contributed by atoms with van der Waals surface area (Å²) in [5, 5.41) is 8.75. The standard InChI is InChI=1S/C9H21N3O4S/c1-5-10-17(15,16)11-8(6-9(13)14)7-12(2,3)4/h8,10-11H,5-7H2,1-4H3/p+1. The Hall–Kier alpha value is -0.700. The van der Waals surface area contributed by atoms with Crippen molar-refractivity contribution in [3.8, 4) is 0 Å². The number of aliphatic carboxylic acids is 1. The smallest absolute Gasteiger partial charge is 0.305 e. The van der Waals surface area contributed by atoms with Crippen molar-refractivity contribution in [2.45, 2.75) is 19.4 Å². The molecule has 0 aliphatic heterocycles. The second-order valence-electron chi connectivity index (χ2n) is 4.89. The second kappa shape index (κ2) is 6.29. The molecular weight excluding hydrogens is 246 g/mol. The molecule has 0 amide bonds. The first-order chi connectivity index (χ1) is 7.56. The van der Waals surface area contributed by atoms with Gasteiger partial charge in [-0.05, 0) is 0 Å². The molecule has 0 aliphatic carbocycles. The van der Waals surface area contributed by atoms with Gasteiger partial charge in [0.25, 0.3) is 10.2 Å². The topological polar surface area (TPSA) is 95.5 Å². The van der Waals surface area contributed by atoms with Crippen molar-refractivity contribution in [2.75, 3.05) is 34.2 Å². The van der Waals surface area contributed by atoms with Crippen LogP contribution in [0.15, 0.2) is 0 Å². The molecule has 8 heteroatoms. The normalized spacial score (nSPS) is 14.6. The fourth-order valence-corrected chi connectivity index (χ4v) is 2.53. The van der Waals surface area contributed by atoms with Gasteiger partial charge in [0, 0.05) is 6.54 Å². The number of nitrogens with one attached hydrogen (secondary N) is 2. The Morgan fingerprint density at radius 2 is 1.88 bits per heavy atom. The molecule has 1 unspecified atom stereocenters. The summed E-state index contributed by atoms with van der Waals surface area (Å²) in [4.78, 5) is 10.7. The van der Waals surface area contributed by atoms with Crippen molar-refractivity contribution in [3.63, 3.8) is 0 Å². The number of quaternary nitrogens is 1. The molecule has 0 radical (unpaired) electrons. The van der Waals surface area contributed by atoms with E-state index in [0.717, 1.165) is 0 Å². The predicted octanol–water partition coefficient (Wildman–Crippen LogP) is -1.02. The lowest BCUT2D eigenvalue weighted by Gasteiger charge is -2.28. The Morgan fingerprint density at radius 1 is 1.35 bits per heavy atom. The van der Waals surface area contributed by atoms with Crippen molar-refractivity contribution in [3.05, 3.63) is 0 Å². The van der Waals surface area contributed by atoms with Gasteiger partial charge in [-0.2, -0.15) is 13.1 Å². The first kappa shape index (κ1) is 16.3. The molecule has 0 spiro atoms. The summed E-state index contributed by atoms with van der Waals surface area (Å²) in [5.41, 5.74) is 0. The van der Waals surface area contributed by atoms with E-state index in [1.165, 1.54) is 0 Å². The minimum Gasteiger partial charge on any atom is -0.481 e. The minimum absolute atomic E-state index is 0.236. The summed E-state index contributed by atoms with van der Waals surface area (Å²) in [7, 11) is 1.99. The van der Waals surface area contributed by atoms with Crippen LogP contribution in [0.4, 0.5) is 0 Å². The van der Waals surface area contributed by atoms with E-state index in [9.17, 15) is 13.2 Å². The van der Waals surface area contributed by atoms with E-state index >= 15 is 0 Å². The highest BCUT2D eigenvalue weighted by atomic mass is 32.2. The maximum atomic E-state index is 11.5. The van der Waals surface area contributed by atoms with Gasteiger partial charge in [0.15, 0.2) is 0 Å². The molecule has 0 bridgehead atoms. The molecule has 0 aliphatic rings. The molecule has 0 rings (SSSR count). The Labute approximate surface area is 103 Å². The monoisotopic (exact) mass is 268 g/mol. The van der Waals surface area contributed by atoms with Gasteiger partial charge in [-0.15, -0.1) is 0 Å². The van der Waals surface area contributed by atoms with Gasteiger partial charge in [-0.3, -0.25) is 4.79 Å². The number of likely N-dealkylation sites (N-methyl/N-ethyl adjacent to an activating group) is 1. The van der Waals surface area contributed by atoms with Crippen molar-refractivity contribution in [1.82, 2.24) is 9.44 Å². The lowest BCUT2D eigenvalue weighted by molar-refractivity contribution is -0.871. The van der Waals surface area contributed by atoms with Crippen molar-refractivity contribution >= 4 is 16.2 Å². The van der Waals surface area contributed by atoms with Gasteiger partial charge >= 0.3 is 5.97 Å². The van der Waals surface area contributed by atoms with Crippen molar-refractivity contribution < 1.29 is 22.8 Å². The Balaban J connectivity index is 4.65. The van der Waals surface area contributed by atoms with E-state index in [-0.39, 0.29) is 13.0 Å². The largest absolute Gasteiger partial charge is 0.481 e. The molecular formula is C9H22N3O4S+. The maximum absolute atomic E-state index is 11.5. The molecule has 0 aromatic carbocycles. The van der Waals surface area contributed by atoms with Crippen LogP contribution >= 0.6 is 0 Å². The highest BCUT2D eigenvalue weighted by Gasteiger charge is 2.25. The van der Waals surface area contributed by atoms with E-state index in [0.29, 0.717) is 11.0 Å². The third-order valence-corrected chi connectivity index (χ3v) is 3.16. The summed E-state index contributed by atoms with van der Waals surface area (Å²) in [6, 6.07) is -0.628. The molecule has 0 saturated heterocycles. The number of hydrogen-bond donors (Lipinski definition) is 3. The first-order valence-electron chi connectivity index (χ1n) is 5.35. The van der Waals surface area contributed by atoms with E-state index in [2.05, 4.69) is 9.44 Å². The zero-order chi connectivity index (χ0) is 13.7. The number of carboxylic acid groups (broad SMARTS) is 1. The molecule has 0 aromatic heterocycles. The van der Waals surface area contributed by atoms with Crippen molar-refractivity contribution in [1.29, 1.82) is 0 Å². The van der Waals surface area contributed by atoms with E-state index in [4.69, 9.17) is 5.11 Å². The first-order valence-corrected chi connectivity index (χ1v) is 6.83. The van der Waals surface area contributed by atoms with E-state index < -0.39 is 22.2 Å². The zero-order valence-electron chi connectivity index (χ0n) is 10.7. The molecule has 3 N–H and O–H groups in total. The highest BCUT2D eigenvalue weighted by Crippen LogP contribution is 2.01. The van der Waals surface area contributed by atoms with Crippen LogP contribution in [0.25, 0.3) is 0 Å². The van der Waals surface area contributed by atoms with Crippen LogP contribution in [-0.4, -0.2) is 64.3 Å². The molecule has 1 atom stereocenters. The summed E-state index contributed by atoms with van der Waals surface area (Å²) < 4.78 is 28.1. The molecule has 0 heterocycles. The maximum Gasteiger partial charge on any atom is 0.305 e. The number of nitrogens with zero attached hydrogens (tertiary/aromatic N) is 1. The summed E-state index contributed by atoms with van der Waals surface area (Å²) in [6.45, 7) is 2.32. The Morgan fingerprint density at radius 3 is 2.24 bits per heavy atom. The third-order valence-electron chi connectivity index (χ3n) is 1.85. The predicted molar refractivity (Wildman–Crippen MR) is 64.7 cm³/mol. The molecule has 0 fully saturated rings. The lowest BCUT2D eigenvalue weighted by Crippen LogP contribution is -2.52. The Kier molecular flexibility index (Phi) is 6.03. The number of rotatable bonds is 8. The van der Waals surface area contributed by atoms with Crippen LogP contribution < -0.4 is 9.44 Å². The molecule has 0 saturated carbocycles. The van der Waals surface area contributed by atoms with Crippen LogP contribution in [0, 0.1) is 0 Å². The van der Waals surface area contributed by atoms with Gasteiger partial charge < -0.3 is 9.59 Å². The van der Waals surface area contributed by atoms with Gasteiger partial charge in [0.05, 0.1) is 40.2 Å². The van der Waals surface area contributed by atoms with E-state index in [1.807, 2.05) is 21.1 Å². The van der Waals surface area contributed by atoms with Gasteiger partial charge in [0.2, 0.25) is 0 Å². The zero-order valence-corrected chi connectivity index (χ0v) is 11.5. The number of carboxylic acids is 1. The number of hydrogen-bond acceptors (Lipinski definition) is 3. The summed E-state index contributed by atoms with van der Waals surface area (Å²) in [5.74, 6) is -1.03. The second-order valence-corrected chi connectivity index (χ2v) is 6.42. The SMILES string of the molecule is CCNS(=O)(=O)NC(CC(=O)O)C[N+](C)(C)C. The quantitative estimate of drug-likeness (QED) is 0.491. The average Bonchev–Trinajstić information content (AvgIpc) is 1.96. The minimum atomic E-state index is -3.62. The van der Waals surface area contributed by atoms with Gasteiger partial charge in [-0.1, -0.05) is 6.92 Å². The average molecular weight is 268 g/mol. The molecule has 102 valence electrons. The fraction of sp³-hybridized carbons (Fsp3) is 0.889. The van der Waals surface area contributed by atoms with Crippen molar-refractivity contribution in [2.24, 2.45) is 0 Å². The summed E-state index contributed by atoms with van der Waals surface area (Å²) in [6.07, 6.45) is -0.236. The van der Waals surface area contributed by atoms with Gasteiger partial charge in [-0.25, -0.2) is 4.72 Å². The van der Waals surface area contributed by atoms with Gasteiger partial charge in [0.1, 0.15) is 0 Å². The fourth-order valence-electron chi connectivity index (χ4n) is 1.47. The molecule has 17 heavy (non-hydrogen) atoms.